The smallest absolute Gasteiger partial charge is 0.414 e. The highest BCUT2D eigenvalue weighted by Gasteiger charge is 2.32. The topological polar surface area (TPSA) is 71.8 Å². The average Bonchev–Trinajstić information content (AvgIpc) is 3.38. The van der Waals surface area contributed by atoms with Gasteiger partial charge in [0.1, 0.15) is 17.7 Å². The highest BCUT2D eigenvalue weighted by atomic mass is 79.9. The van der Waals surface area contributed by atoms with Crippen LogP contribution in [0.4, 0.5) is 14.9 Å². The molecule has 33 heavy (non-hydrogen) atoms. The molecule has 2 amide bonds. The zero-order chi connectivity index (χ0) is 23.4. The molecule has 2 aromatic carbocycles. The first-order chi connectivity index (χ1) is 15.9. The molecule has 1 saturated heterocycles. The second-order valence-electron chi connectivity index (χ2n) is 7.97. The van der Waals surface area contributed by atoms with E-state index in [1.165, 1.54) is 23.5 Å². The Labute approximate surface area is 199 Å². The molecule has 1 fully saturated rings. The van der Waals surface area contributed by atoms with E-state index in [-0.39, 0.29) is 19.0 Å². The first-order valence-corrected chi connectivity index (χ1v) is 11.5. The summed E-state index contributed by atoms with van der Waals surface area (Å²) in [5.74, 6) is 0.336. The molecular weight excluding hydrogens is 491 g/mol. The van der Waals surface area contributed by atoms with Crippen molar-refractivity contribution in [2.45, 2.75) is 32.3 Å². The Kier molecular flexibility index (Phi) is 7.13. The van der Waals surface area contributed by atoms with Crippen molar-refractivity contribution >= 4 is 33.6 Å². The van der Waals surface area contributed by atoms with Crippen molar-refractivity contribution in [3.8, 4) is 11.1 Å². The summed E-state index contributed by atoms with van der Waals surface area (Å²) >= 11 is 3.31. The monoisotopic (exact) mass is 514 g/mol. The number of cyclic esters (lactones) is 1. The SMILES string of the molecule is CC(=O)NC[C@H]1CN(c2ccc(-c3ccc(CCCc4ccc(Br)o4)cc3)c(F)c2)C(=O)O1. The van der Waals surface area contributed by atoms with Gasteiger partial charge >= 0.3 is 6.09 Å². The third kappa shape index (κ3) is 5.82. The molecule has 0 saturated carbocycles. The van der Waals surface area contributed by atoms with Crippen LogP contribution in [0.15, 0.2) is 63.7 Å². The van der Waals surface area contributed by atoms with Crippen LogP contribution in [0.25, 0.3) is 11.1 Å². The number of benzene rings is 2. The molecule has 1 N–H and O–H groups in total. The van der Waals surface area contributed by atoms with Gasteiger partial charge in [-0.3, -0.25) is 9.69 Å². The van der Waals surface area contributed by atoms with Crippen LogP contribution in [0.2, 0.25) is 0 Å². The second kappa shape index (κ2) is 10.2. The molecule has 8 heteroatoms. The number of ether oxygens (including phenoxy) is 1. The fraction of sp³-hybridized carbons (Fsp3) is 0.280. The van der Waals surface area contributed by atoms with Gasteiger partial charge in [-0.1, -0.05) is 24.3 Å². The minimum atomic E-state index is -0.552. The summed E-state index contributed by atoms with van der Waals surface area (Å²) in [6.45, 7) is 1.88. The molecule has 1 aromatic heterocycles. The molecule has 1 aliphatic rings. The summed E-state index contributed by atoms with van der Waals surface area (Å²) in [6.07, 6.45) is 1.69. The van der Waals surface area contributed by atoms with Crippen LogP contribution in [0.5, 0.6) is 0 Å². The molecule has 1 atom stereocenters. The summed E-state index contributed by atoms with van der Waals surface area (Å²) in [5.41, 5.74) is 2.83. The molecule has 2 heterocycles. The van der Waals surface area contributed by atoms with Crippen LogP contribution in [0.1, 0.15) is 24.7 Å². The minimum Gasteiger partial charge on any atom is -0.454 e. The quantitative estimate of drug-likeness (QED) is 0.431. The fourth-order valence-corrected chi connectivity index (χ4v) is 4.15. The number of rotatable bonds is 8. The molecule has 1 aliphatic heterocycles. The lowest BCUT2D eigenvalue weighted by Crippen LogP contribution is -2.33. The number of carbonyl (C=O) groups is 2. The first-order valence-electron chi connectivity index (χ1n) is 10.7. The Morgan fingerprint density at radius 1 is 1.15 bits per heavy atom. The summed E-state index contributed by atoms with van der Waals surface area (Å²) in [5, 5.41) is 2.62. The van der Waals surface area contributed by atoms with E-state index in [0.717, 1.165) is 35.3 Å². The first kappa shape index (κ1) is 23.0. The molecule has 0 radical (unpaired) electrons. The minimum absolute atomic E-state index is 0.198. The lowest BCUT2D eigenvalue weighted by Gasteiger charge is -2.14. The largest absolute Gasteiger partial charge is 0.454 e. The maximum absolute atomic E-state index is 14.9. The van der Waals surface area contributed by atoms with Crippen molar-refractivity contribution in [3.63, 3.8) is 0 Å². The van der Waals surface area contributed by atoms with Crippen molar-refractivity contribution in [1.82, 2.24) is 5.32 Å². The summed E-state index contributed by atoms with van der Waals surface area (Å²) in [6, 6.07) is 16.4. The number of anilines is 1. The van der Waals surface area contributed by atoms with Crippen molar-refractivity contribution in [2.75, 3.05) is 18.0 Å². The van der Waals surface area contributed by atoms with Crippen molar-refractivity contribution in [2.24, 2.45) is 0 Å². The second-order valence-corrected chi connectivity index (χ2v) is 8.76. The normalized spacial score (nSPS) is 15.5. The van der Waals surface area contributed by atoms with E-state index in [0.29, 0.717) is 11.3 Å². The standard InChI is InChI=1S/C25H24BrFN2O4/c1-16(30)28-14-21-15-29(25(31)33-21)19-9-11-22(23(27)13-19)18-7-5-17(6-8-18)3-2-4-20-10-12-24(26)32-20/h5-13,21H,2-4,14-15H2,1H3,(H,28,30)/t21-/m0/s1. The van der Waals surface area contributed by atoms with Gasteiger partial charge in [-0.15, -0.1) is 0 Å². The lowest BCUT2D eigenvalue weighted by molar-refractivity contribution is -0.119. The predicted molar refractivity (Wildman–Crippen MR) is 127 cm³/mol. The number of halogens is 2. The van der Waals surface area contributed by atoms with Gasteiger partial charge in [-0.2, -0.15) is 0 Å². The van der Waals surface area contributed by atoms with Gasteiger partial charge in [-0.05, 0) is 70.2 Å². The zero-order valence-corrected chi connectivity index (χ0v) is 19.7. The van der Waals surface area contributed by atoms with E-state index < -0.39 is 18.0 Å². The maximum Gasteiger partial charge on any atom is 0.414 e. The highest BCUT2D eigenvalue weighted by Crippen LogP contribution is 2.29. The third-order valence-electron chi connectivity index (χ3n) is 5.50. The fourth-order valence-electron chi connectivity index (χ4n) is 3.81. The molecule has 0 unspecified atom stereocenters. The van der Waals surface area contributed by atoms with E-state index >= 15 is 0 Å². The molecule has 0 bridgehead atoms. The lowest BCUT2D eigenvalue weighted by atomic mass is 10.0. The zero-order valence-electron chi connectivity index (χ0n) is 18.1. The summed E-state index contributed by atoms with van der Waals surface area (Å²) in [7, 11) is 0. The van der Waals surface area contributed by atoms with Crippen molar-refractivity contribution < 1.29 is 23.1 Å². The number of hydrogen-bond donors (Lipinski definition) is 1. The maximum atomic E-state index is 14.9. The predicted octanol–water partition coefficient (Wildman–Crippen LogP) is 5.48. The molecular formula is C25H24BrFN2O4. The van der Waals surface area contributed by atoms with Gasteiger partial charge in [0.05, 0.1) is 18.8 Å². The number of aryl methyl sites for hydroxylation is 2. The summed E-state index contributed by atoms with van der Waals surface area (Å²) < 4.78 is 26.4. The van der Waals surface area contributed by atoms with Crippen LogP contribution in [0, 0.1) is 5.82 Å². The number of nitrogens with zero attached hydrogens (tertiary/aromatic N) is 1. The number of nitrogens with one attached hydrogen (secondary N) is 1. The Bertz CT molecular complexity index is 1150. The third-order valence-corrected chi connectivity index (χ3v) is 5.93. The van der Waals surface area contributed by atoms with Gasteiger partial charge in [0.15, 0.2) is 4.67 Å². The molecule has 0 spiro atoms. The van der Waals surface area contributed by atoms with Gasteiger partial charge in [0.25, 0.3) is 0 Å². The van der Waals surface area contributed by atoms with Crippen LogP contribution in [-0.4, -0.2) is 31.2 Å². The average molecular weight is 515 g/mol. The summed E-state index contributed by atoms with van der Waals surface area (Å²) in [4.78, 5) is 24.6. The van der Waals surface area contributed by atoms with Crippen LogP contribution < -0.4 is 10.2 Å². The number of furan rings is 1. The molecule has 6 nitrogen and oxygen atoms in total. The van der Waals surface area contributed by atoms with Crippen LogP contribution >= 0.6 is 15.9 Å². The van der Waals surface area contributed by atoms with Gasteiger partial charge in [-0.25, -0.2) is 9.18 Å². The van der Waals surface area contributed by atoms with Gasteiger partial charge in [0, 0.05) is 18.9 Å². The molecule has 4 rings (SSSR count). The Morgan fingerprint density at radius 3 is 2.61 bits per heavy atom. The number of amides is 2. The highest BCUT2D eigenvalue weighted by molar-refractivity contribution is 9.10. The van der Waals surface area contributed by atoms with E-state index in [1.54, 1.807) is 12.1 Å². The Morgan fingerprint density at radius 2 is 1.94 bits per heavy atom. The van der Waals surface area contributed by atoms with E-state index in [1.807, 2.05) is 36.4 Å². The molecule has 0 aliphatic carbocycles. The molecule has 172 valence electrons. The Balaban J connectivity index is 1.37. The van der Waals surface area contributed by atoms with Crippen LogP contribution in [0.3, 0.4) is 0 Å². The van der Waals surface area contributed by atoms with E-state index in [4.69, 9.17) is 9.15 Å². The van der Waals surface area contributed by atoms with Crippen molar-refractivity contribution in [1.29, 1.82) is 0 Å². The molecule has 3 aromatic rings. The number of hydrogen-bond acceptors (Lipinski definition) is 4. The van der Waals surface area contributed by atoms with E-state index in [9.17, 15) is 14.0 Å². The van der Waals surface area contributed by atoms with Crippen LogP contribution in [-0.2, 0) is 22.4 Å². The van der Waals surface area contributed by atoms with E-state index in [2.05, 4.69) is 21.2 Å². The number of carbonyl (C=O) groups excluding carboxylic acids is 2. The van der Waals surface area contributed by atoms with Gasteiger partial charge in [0.2, 0.25) is 5.91 Å². The Hall–Kier alpha value is -3.13. The van der Waals surface area contributed by atoms with Gasteiger partial charge < -0.3 is 14.5 Å². The van der Waals surface area contributed by atoms with Crippen molar-refractivity contribution in [3.05, 3.63) is 76.4 Å².